The minimum absolute atomic E-state index is 0.0267. The first-order valence-corrected chi connectivity index (χ1v) is 9.21. The Balaban J connectivity index is 1.59. The maximum absolute atomic E-state index is 14.5. The van der Waals surface area contributed by atoms with Gasteiger partial charge in [0, 0.05) is 23.6 Å². The number of carbonyl (C=O) groups is 2. The van der Waals surface area contributed by atoms with Crippen molar-refractivity contribution in [3.05, 3.63) is 61.0 Å². The van der Waals surface area contributed by atoms with Crippen LogP contribution in [0.1, 0.15) is 24.4 Å². The van der Waals surface area contributed by atoms with Gasteiger partial charge in [0.25, 0.3) is 5.91 Å². The van der Waals surface area contributed by atoms with Gasteiger partial charge in [0.1, 0.15) is 5.82 Å². The van der Waals surface area contributed by atoms with Crippen LogP contribution in [-0.2, 0) is 4.74 Å². The number of hydrogen-bond acceptors (Lipinski definition) is 7. The van der Waals surface area contributed by atoms with Crippen LogP contribution < -0.4 is 10.6 Å². The molecular formula is C20H17FN6O4. The molecule has 0 aliphatic rings. The smallest absolute Gasteiger partial charge is 0.411 e. The Labute approximate surface area is 175 Å². The molecule has 4 rings (SSSR count). The summed E-state index contributed by atoms with van der Waals surface area (Å²) < 4.78 is 26.0. The van der Waals surface area contributed by atoms with Crippen molar-refractivity contribution in [3.63, 3.8) is 0 Å². The number of ether oxygens (including phenoxy) is 1. The van der Waals surface area contributed by atoms with Crippen molar-refractivity contribution >= 4 is 29.2 Å². The highest BCUT2D eigenvalue weighted by molar-refractivity contribution is 6.02. The van der Waals surface area contributed by atoms with Gasteiger partial charge in [-0.2, -0.15) is 0 Å². The lowest BCUT2D eigenvalue weighted by Gasteiger charge is -2.09. The second-order valence-electron chi connectivity index (χ2n) is 6.77. The molecule has 0 radical (unpaired) electrons. The van der Waals surface area contributed by atoms with E-state index in [1.54, 1.807) is 30.6 Å². The Bertz CT molecular complexity index is 1250. The van der Waals surface area contributed by atoms with Crippen LogP contribution in [0.4, 0.5) is 20.6 Å². The first kappa shape index (κ1) is 20.0. The molecule has 31 heavy (non-hydrogen) atoms. The lowest BCUT2D eigenvalue weighted by atomic mass is 10.1. The molecule has 11 heteroatoms. The summed E-state index contributed by atoms with van der Waals surface area (Å²) in [5, 5.41) is 5.17. The van der Waals surface area contributed by atoms with Crippen LogP contribution in [0.25, 0.3) is 17.0 Å². The molecule has 0 atom stereocenters. The first-order chi connectivity index (χ1) is 14.9. The van der Waals surface area contributed by atoms with Crippen LogP contribution in [0.15, 0.2) is 53.8 Å². The maximum Gasteiger partial charge on any atom is 0.411 e. The van der Waals surface area contributed by atoms with E-state index in [-0.39, 0.29) is 17.4 Å². The fourth-order valence-corrected chi connectivity index (χ4v) is 2.76. The van der Waals surface area contributed by atoms with Crippen LogP contribution in [0.3, 0.4) is 0 Å². The molecule has 0 aliphatic carbocycles. The Kier molecular flexibility index (Phi) is 5.31. The summed E-state index contributed by atoms with van der Waals surface area (Å²) in [5.41, 5.74) is 1.19. The molecule has 3 aromatic heterocycles. The van der Waals surface area contributed by atoms with E-state index in [1.807, 2.05) is 0 Å². The van der Waals surface area contributed by atoms with Gasteiger partial charge >= 0.3 is 6.09 Å². The number of benzene rings is 1. The molecule has 2 amide bonds. The topological polar surface area (TPSA) is 124 Å². The summed E-state index contributed by atoms with van der Waals surface area (Å²) in [5.74, 6) is -0.720. The minimum atomic E-state index is -0.613. The summed E-state index contributed by atoms with van der Waals surface area (Å²) in [7, 11) is 0. The molecule has 0 spiro atoms. The van der Waals surface area contributed by atoms with E-state index in [0.717, 1.165) is 6.39 Å². The molecule has 0 fully saturated rings. The van der Waals surface area contributed by atoms with Gasteiger partial charge in [-0.3, -0.25) is 14.5 Å². The van der Waals surface area contributed by atoms with Crippen molar-refractivity contribution in [1.29, 1.82) is 0 Å². The van der Waals surface area contributed by atoms with Crippen molar-refractivity contribution in [1.82, 2.24) is 19.4 Å². The van der Waals surface area contributed by atoms with Crippen LogP contribution in [0.5, 0.6) is 0 Å². The van der Waals surface area contributed by atoms with E-state index < -0.39 is 17.8 Å². The van der Waals surface area contributed by atoms with Crippen molar-refractivity contribution in [3.8, 4) is 11.3 Å². The summed E-state index contributed by atoms with van der Waals surface area (Å²) in [6, 6.07) is 4.09. The second-order valence-corrected chi connectivity index (χ2v) is 6.77. The first-order valence-electron chi connectivity index (χ1n) is 9.21. The van der Waals surface area contributed by atoms with Gasteiger partial charge in [0.2, 0.25) is 11.5 Å². The fourth-order valence-electron chi connectivity index (χ4n) is 2.76. The number of imidazole rings is 1. The summed E-state index contributed by atoms with van der Waals surface area (Å²) in [6.45, 7) is 3.47. The Morgan fingerprint density at radius 2 is 2.00 bits per heavy atom. The number of anilines is 2. The van der Waals surface area contributed by atoms with E-state index in [2.05, 4.69) is 25.6 Å². The third-order valence-electron chi connectivity index (χ3n) is 4.06. The zero-order valence-corrected chi connectivity index (χ0v) is 16.5. The summed E-state index contributed by atoms with van der Waals surface area (Å²) in [4.78, 5) is 36.0. The SMILES string of the molecule is CC(C)OC(=O)Nc1cnc2nc(-c3cc(NC(=O)c4cnco4)ccc3F)cn2c1. The molecule has 0 saturated heterocycles. The molecule has 0 unspecified atom stereocenters. The highest BCUT2D eigenvalue weighted by atomic mass is 19.1. The quantitative estimate of drug-likeness (QED) is 0.500. The molecule has 10 nitrogen and oxygen atoms in total. The van der Waals surface area contributed by atoms with Gasteiger partial charge < -0.3 is 14.5 Å². The zero-order chi connectivity index (χ0) is 22.0. The third kappa shape index (κ3) is 4.50. The summed E-state index contributed by atoms with van der Waals surface area (Å²) >= 11 is 0. The molecular weight excluding hydrogens is 407 g/mol. The maximum atomic E-state index is 14.5. The van der Waals surface area contributed by atoms with E-state index in [0.29, 0.717) is 22.8 Å². The number of hydrogen-bond donors (Lipinski definition) is 2. The largest absolute Gasteiger partial charge is 0.447 e. The second kappa shape index (κ2) is 8.22. The van der Waals surface area contributed by atoms with Crippen LogP contribution in [-0.4, -0.2) is 37.5 Å². The van der Waals surface area contributed by atoms with Crippen molar-refractivity contribution < 1.29 is 23.1 Å². The number of fused-ring (bicyclic) bond motifs is 1. The minimum Gasteiger partial charge on any atom is -0.447 e. The van der Waals surface area contributed by atoms with Gasteiger partial charge in [0.15, 0.2) is 6.39 Å². The molecule has 158 valence electrons. The number of nitrogens with one attached hydrogen (secondary N) is 2. The molecule has 0 aliphatic heterocycles. The van der Waals surface area contributed by atoms with Gasteiger partial charge in [0.05, 0.1) is 29.9 Å². The molecule has 0 saturated carbocycles. The number of aromatic nitrogens is 4. The lowest BCUT2D eigenvalue weighted by molar-refractivity contribution is 0.0996. The number of nitrogens with zero attached hydrogens (tertiary/aromatic N) is 4. The average molecular weight is 424 g/mol. The Morgan fingerprint density at radius 1 is 1.16 bits per heavy atom. The lowest BCUT2D eigenvalue weighted by Crippen LogP contribution is -2.18. The van der Waals surface area contributed by atoms with E-state index in [1.165, 1.54) is 30.6 Å². The van der Waals surface area contributed by atoms with Crippen molar-refractivity contribution in [2.45, 2.75) is 20.0 Å². The summed E-state index contributed by atoms with van der Waals surface area (Å²) in [6.07, 6.45) is 6.08. The number of halogens is 1. The van der Waals surface area contributed by atoms with Crippen molar-refractivity contribution in [2.24, 2.45) is 0 Å². The molecule has 2 N–H and O–H groups in total. The standard InChI is InChI=1S/C20H17FN6O4/c1-11(2)31-20(29)25-13-6-23-19-26-16(9-27(19)8-13)14-5-12(3-4-15(14)21)24-18(28)17-7-22-10-30-17/h3-11H,1-2H3,(H,24,28)(H,25,29). The number of carbonyl (C=O) groups excluding carboxylic acids is 2. The predicted molar refractivity (Wildman–Crippen MR) is 108 cm³/mol. The third-order valence-corrected chi connectivity index (χ3v) is 4.06. The normalized spacial score (nSPS) is 11.0. The van der Waals surface area contributed by atoms with E-state index in [4.69, 9.17) is 9.15 Å². The number of oxazole rings is 1. The van der Waals surface area contributed by atoms with Gasteiger partial charge in [-0.15, -0.1) is 0 Å². The van der Waals surface area contributed by atoms with Crippen LogP contribution >= 0.6 is 0 Å². The van der Waals surface area contributed by atoms with Crippen molar-refractivity contribution in [2.75, 3.05) is 10.6 Å². The molecule has 1 aromatic carbocycles. The van der Waals surface area contributed by atoms with Gasteiger partial charge in [-0.25, -0.2) is 24.1 Å². The number of amides is 2. The monoisotopic (exact) mass is 424 g/mol. The Hall–Kier alpha value is -4.28. The van der Waals surface area contributed by atoms with Crippen LogP contribution in [0, 0.1) is 5.82 Å². The molecule has 3 heterocycles. The average Bonchev–Trinajstić information content (AvgIpc) is 3.38. The highest BCUT2D eigenvalue weighted by Gasteiger charge is 2.15. The van der Waals surface area contributed by atoms with Gasteiger partial charge in [-0.05, 0) is 32.0 Å². The van der Waals surface area contributed by atoms with Crippen LogP contribution in [0.2, 0.25) is 0 Å². The highest BCUT2D eigenvalue weighted by Crippen LogP contribution is 2.26. The van der Waals surface area contributed by atoms with E-state index >= 15 is 0 Å². The van der Waals surface area contributed by atoms with E-state index in [9.17, 15) is 14.0 Å². The molecule has 0 bridgehead atoms. The Morgan fingerprint density at radius 3 is 2.74 bits per heavy atom. The predicted octanol–water partition coefficient (Wildman–Crippen LogP) is 3.73. The molecule has 4 aromatic rings. The fraction of sp³-hybridized carbons (Fsp3) is 0.150. The van der Waals surface area contributed by atoms with Gasteiger partial charge in [-0.1, -0.05) is 0 Å². The number of rotatable bonds is 5. The zero-order valence-electron chi connectivity index (χ0n) is 16.5.